The molecule has 284 valence electrons. The second kappa shape index (κ2) is 18.0. The zero-order valence-electron chi connectivity index (χ0n) is 29.8. The molecule has 0 saturated carbocycles. The average Bonchev–Trinajstić information content (AvgIpc) is 3.42. The number of carbonyl (C=O) groups excluding carboxylic acids is 2. The van der Waals surface area contributed by atoms with E-state index < -0.39 is 45.1 Å². The first-order valence-corrected chi connectivity index (χ1v) is 17.9. The van der Waals surface area contributed by atoms with Crippen LogP contribution in [0.4, 0.5) is 16.3 Å². The number of pyridine rings is 1. The number of likely N-dealkylation sites (N-methyl/N-ethyl adjacent to an activating group) is 1. The summed E-state index contributed by atoms with van der Waals surface area (Å²) >= 11 is 0. The molecule has 0 aliphatic rings. The van der Waals surface area contributed by atoms with E-state index in [0.717, 1.165) is 11.2 Å². The third kappa shape index (κ3) is 12.5. The van der Waals surface area contributed by atoms with Crippen molar-refractivity contribution in [3.05, 3.63) is 83.8 Å². The SMILES string of the molecule is Cn1c(CNc2ccc(/C(N)=N/C(=O)O)cc2)nc2cc(C(=O)N(CCC(=O)OCC(O)COP(=O)(O)OCC[N+](C)(C)C)c3ccccn3)ccc21. The van der Waals surface area contributed by atoms with Gasteiger partial charge in [-0.2, -0.15) is 4.99 Å². The van der Waals surface area contributed by atoms with Gasteiger partial charge in [0.05, 0.1) is 51.7 Å². The number of imidazole rings is 1. The fourth-order valence-electron chi connectivity index (χ4n) is 4.80. The minimum absolute atomic E-state index is 0.0356. The van der Waals surface area contributed by atoms with Crippen LogP contribution in [0.3, 0.4) is 0 Å². The molecule has 0 fully saturated rings. The van der Waals surface area contributed by atoms with Crippen LogP contribution in [0, 0.1) is 0 Å². The molecule has 2 aromatic heterocycles. The molecule has 0 radical (unpaired) electrons. The molecule has 2 amide bonds. The smallest absolute Gasteiger partial charge is 0.463 e. The number of aromatic nitrogens is 3. The van der Waals surface area contributed by atoms with Crippen LogP contribution in [-0.4, -0.2) is 118 Å². The number of amides is 2. The van der Waals surface area contributed by atoms with Crippen LogP contribution in [0.25, 0.3) is 11.0 Å². The predicted molar refractivity (Wildman–Crippen MR) is 195 cm³/mol. The second-order valence-corrected chi connectivity index (χ2v) is 14.3. The highest BCUT2D eigenvalue weighted by Gasteiger charge is 2.25. The van der Waals surface area contributed by atoms with Crippen molar-refractivity contribution in [1.29, 1.82) is 0 Å². The second-order valence-electron chi connectivity index (χ2n) is 12.8. The standard InChI is InChI=1S/C34H43N8O10P/c1-40-28-13-10-24(19-27(28)38-30(40)20-37-25-11-8-23(9-12-25)32(35)39-34(46)47)33(45)41(29-7-5-6-15-36-29)16-14-31(44)50-21-26(43)22-52-53(48,49)51-18-17-42(2,3)4/h5-13,15,19,26,43H,14,16-18,20-22H2,1-4H3,(H4-,35,37,39,46,47,48,49)/p+1. The monoisotopic (exact) mass is 755 g/mol. The molecule has 4 aromatic rings. The van der Waals surface area contributed by atoms with Gasteiger partial charge in [0.1, 0.15) is 43.3 Å². The zero-order chi connectivity index (χ0) is 38.8. The van der Waals surface area contributed by atoms with Crippen molar-refractivity contribution in [2.24, 2.45) is 17.8 Å². The topological polar surface area (TPSA) is 241 Å². The summed E-state index contributed by atoms with van der Waals surface area (Å²) in [6.07, 6.45) is -1.51. The van der Waals surface area contributed by atoms with Crippen molar-refractivity contribution in [3.63, 3.8) is 0 Å². The molecule has 0 spiro atoms. The first-order chi connectivity index (χ1) is 25.0. The minimum atomic E-state index is -4.41. The number of esters is 1. The number of nitrogens with zero attached hydrogens (tertiary/aromatic N) is 6. The lowest BCUT2D eigenvalue weighted by molar-refractivity contribution is -0.870. The lowest BCUT2D eigenvalue weighted by Gasteiger charge is -2.24. The van der Waals surface area contributed by atoms with Crippen LogP contribution in [-0.2, 0) is 36.7 Å². The Hall–Kier alpha value is -5.23. The number of aliphatic imine (C=N–C) groups is 1. The Labute approximate surface area is 305 Å². The molecule has 19 heteroatoms. The minimum Gasteiger partial charge on any atom is -0.463 e. The van der Waals surface area contributed by atoms with E-state index in [1.54, 1.807) is 60.7 Å². The predicted octanol–water partition coefficient (Wildman–Crippen LogP) is 2.74. The van der Waals surface area contributed by atoms with Crippen molar-refractivity contribution >= 4 is 54.2 Å². The Bertz CT molecular complexity index is 1970. The fraction of sp³-hybridized carbons (Fsp3) is 0.353. The van der Waals surface area contributed by atoms with Gasteiger partial charge in [0.25, 0.3) is 5.91 Å². The first kappa shape index (κ1) is 40.5. The molecule has 18 nitrogen and oxygen atoms in total. The molecular formula is C34H44N8O10P+. The van der Waals surface area contributed by atoms with Crippen LogP contribution in [0.15, 0.2) is 71.9 Å². The number of benzene rings is 2. The molecule has 2 aromatic carbocycles. The molecular weight excluding hydrogens is 711 g/mol. The normalized spacial score (nSPS) is 13.7. The van der Waals surface area contributed by atoms with E-state index in [2.05, 4.69) is 15.3 Å². The third-order valence-electron chi connectivity index (χ3n) is 7.66. The molecule has 0 saturated heterocycles. The van der Waals surface area contributed by atoms with E-state index in [4.69, 9.17) is 29.6 Å². The van der Waals surface area contributed by atoms with Gasteiger partial charge in [0.2, 0.25) is 0 Å². The van der Waals surface area contributed by atoms with Crippen molar-refractivity contribution in [2.45, 2.75) is 19.1 Å². The number of aliphatic hydroxyl groups is 1. The summed E-state index contributed by atoms with van der Waals surface area (Å²) in [5.74, 6) is -0.304. The number of quaternary nitrogens is 1. The Morgan fingerprint density at radius 3 is 2.43 bits per heavy atom. The molecule has 4 rings (SSSR count). The van der Waals surface area contributed by atoms with E-state index in [9.17, 15) is 28.9 Å². The van der Waals surface area contributed by atoms with Crippen LogP contribution in [0.2, 0.25) is 0 Å². The van der Waals surface area contributed by atoms with Crippen molar-refractivity contribution < 1.29 is 52.3 Å². The largest absolute Gasteiger partial charge is 0.472 e. The fourth-order valence-corrected chi connectivity index (χ4v) is 5.55. The average molecular weight is 756 g/mol. The Balaban J connectivity index is 1.36. The van der Waals surface area contributed by atoms with Gasteiger partial charge in [-0.05, 0) is 54.6 Å². The number of ether oxygens (including phenoxy) is 1. The summed E-state index contributed by atoms with van der Waals surface area (Å²) in [7, 11) is 3.10. The lowest BCUT2D eigenvalue weighted by atomic mass is 10.1. The number of fused-ring (bicyclic) bond motifs is 1. The van der Waals surface area contributed by atoms with Crippen molar-refractivity contribution in [2.75, 3.05) is 64.3 Å². The first-order valence-electron chi connectivity index (χ1n) is 16.4. The van der Waals surface area contributed by atoms with Gasteiger partial charge in [-0.15, -0.1) is 0 Å². The number of carboxylic acid groups (broad SMARTS) is 1. The zero-order valence-corrected chi connectivity index (χ0v) is 30.7. The summed E-state index contributed by atoms with van der Waals surface area (Å²) in [5, 5.41) is 22.2. The number of amidine groups is 1. The Kier molecular flexibility index (Phi) is 13.8. The molecule has 2 heterocycles. The highest BCUT2D eigenvalue weighted by Crippen LogP contribution is 2.43. The van der Waals surface area contributed by atoms with E-state index >= 15 is 0 Å². The quantitative estimate of drug-likeness (QED) is 0.0323. The van der Waals surface area contributed by atoms with Gasteiger partial charge < -0.3 is 39.9 Å². The van der Waals surface area contributed by atoms with Crippen LogP contribution in [0.1, 0.15) is 28.2 Å². The van der Waals surface area contributed by atoms with Crippen molar-refractivity contribution in [3.8, 4) is 0 Å². The Morgan fingerprint density at radius 2 is 1.77 bits per heavy atom. The number of phosphoric acid groups is 1. The molecule has 2 atom stereocenters. The number of aliphatic hydroxyl groups excluding tert-OH is 1. The summed E-state index contributed by atoms with van der Waals surface area (Å²) in [4.78, 5) is 60.7. The number of nitrogens with two attached hydrogens (primary N) is 1. The van der Waals surface area contributed by atoms with Crippen LogP contribution in [0.5, 0.6) is 0 Å². The molecule has 2 unspecified atom stereocenters. The number of rotatable bonds is 18. The van der Waals surface area contributed by atoms with Gasteiger partial charge in [0, 0.05) is 36.6 Å². The lowest BCUT2D eigenvalue weighted by Crippen LogP contribution is -2.37. The molecule has 0 bridgehead atoms. The highest BCUT2D eigenvalue weighted by molar-refractivity contribution is 7.47. The van der Waals surface area contributed by atoms with Crippen LogP contribution < -0.4 is 16.0 Å². The van der Waals surface area contributed by atoms with E-state index in [1.807, 2.05) is 32.8 Å². The van der Waals surface area contributed by atoms with E-state index in [-0.39, 0.29) is 25.4 Å². The Morgan fingerprint density at radius 1 is 1.06 bits per heavy atom. The van der Waals surface area contributed by atoms with Crippen molar-refractivity contribution in [1.82, 2.24) is 14.5 Å². The summed E-state index contributed by atoms with van der Waals surface area (Å²) in [6, 6.07) is 16.9. The summed E-state index contributed by atoms with van der Waals surface area (Å²) in [6.45, 7) is -0.467. The molecule has 6 N–H and O–H groups in total. The number of phosphoric ester groups is 1. The van der Waals surface area contributed by atoms with Gasteiger partial charge in [-0.3, -0.25) is 23.5 Å². The maximum atomic E-state index is 13.8. The number of anilines is 2. The molecule has 0 aliphatic heterocycles. The van der Waals surface area contributed by atoms with E-state index in [1.165, 1.54) is 11.1 Å². The van der Waals surface area contributed by atoms with Gasteiger partial charge in [0.15, 0.2) is 0 Å². The van der Waals surface area contributed by atoms with Gasteiger partial charge in [-0.1, -0.05) is 6.07 Å². The molecule has 53 heavy (non-hydrogen) atoms. The van der Waals surface area contributed by atoms with Gasteiger partial charge in [-0.25, -0.2) is 19.3 Å². The number of hydrogen-bond donors (Lipinski definition) is 5. The summed E-state index contributed by atoms with van der Waals surface area (Å²) < 4.78 is 29.3. The highest BCUT2D eigenvalue weighted by atomic mass is 31.2. The summed E-state index contributed by atoms with van der Waals surface area (Å²) in [5.41, 5.74) is 8.54. The van der Waals surface area contributed by atoms with Gasteiger partial charge >= 0.3 is 19.9 Å². The van der Waals surface area contributed by atoms with Crippen LogP contribution >= 0.6 is 7.82 Å². The maximum absolute atomic E-state index is 13.8. The molecule has 0 aliphatic carbocycles. The number of nitrogens with one attached hydrogen (secondary N) is 1. The third-order valence-corrected chi connectivity index (χ3v) is 8.65. The number of carbonyl (C=O) groups is 3. The maximum Gasteiger partial charge on any atom is 0.472 e. The number of hydrogen-bond acceptors (Lipinski definition) is 11. The number of aryl methyl sites for hydroxylation is 1. The van der Waals surface area contributed by atoms with E-state index in [0.29, 0.717) is 45.9 Å².